The number of nitrogen functional groups attached to an aromatic ring is 1. The minimum Gasteiger partial charge on any atom is -0.382 e. The van der Waals surface area contributed by atoms with E-state index < -0.39 is 0 Å². The molecule has 0 aliphatic carbocycles. The molecular weight excluding hydrogens is 257 g/mol. The molecule has 104 valence electrons. The molecule has 3 N–H and O–H groups in total. The van der Waals surface area contributed by atoms with Gasteiger partial charge in [-0.15, -0.1) is 0 Å². The molecule has 0 amide bonds. The lowest BCUT2D eigenvalue weighted by Crippen LogP contribution is -2.22. The summed E-state index contributed by atoms with van der Waals surface area (Å²) in [6, 6.07) is 7.76. The van der Waals surface area contributed by atoms with Crippen molar-refractivity contribution in [2.75, 3.05) is 11.4 Å². The van der Waals surface area contributed by atoms with Crippen molar-refractivity contribution in [3.63, 3.8) is 0 Å². The fraction of sp³-hybridized carbons (Fsp3) is 0.214. The van der Waals surface area contributed by atoms with Gasteiger partial charge in [0.15, 0.2) is 0 Å². The monoisotopic (exact) mass is 273 g/mol. The maximum atomic E-state index is 13.0. The minimum absolute atomic E-state index is 0.105. The van der Waals surface area contributed by atoms with Crippen molar-refractivity contribution >= 4 is 17.5 Å². The van der Waals surface area contributed by atoms with Gasteiger partial charge in [-0.1, -0.05) is 0 Å². The van der Waals surface area contributed by atoms with E-state index in [9.17, 15) is 4.39 Å². The van der Waals surface area contributed by atoms with Crippen LogP contribution >= 0.6 is 0 Å². The summed E-state index contributed by atoms with van der Waals surface area (Å²) < 4.78 is 13.0. The van der Waals surface area contributed by atoms with Crippen LogP contribution in [-0.4, -0.2) is 22.3 Å². The lowest BCUT2D eigenvalue weighted by Gasteiger charge is -2.21. The summed E-state index contributed by atoms with van der Waals surface area (Å²) >= 11 is 0. The van der Waals surface area contributed by atoms with Gasteiger partial charge in [0.05, 0.1) is 0 Å². The Labute approximate surface area is 116 Å². The second kappa shape index (κ2) is 5.64. The average Bonchev–Trinajstić information content (AvgIpc) is 2.41. The first-order valence-electron chi connectivity index (χ1n) is 6.24. The van der Waals surface area contributed by atoms with Gasteiger partial charge in [-0.2, -0.15) is 0 Å². The zero-order valence-corrected chi connectivity index (χ0v) is 11.4. The van der Waals surface area contributed by atoms with Gasteiger partial charge in [0, 0.05) is 17.9 Å². The van der Waals surface area contributed by atoms with Crippen LogP contribution in [0, 0.1) is 18.2 Å². The van der Waals surface area contributed by atoms with Crippen LogP contribution in [0.5, 0.6) is 0 Å². The molecule has 0 aliphatic heterocycles. The Morgan fingerprint density at radius 1 is 1.30 bits per heavy atom. The Balaban J connectivity index is 2.46. The van der Waals surface area contributed by atoms with Gasteiger partial charge in [-0.25, -0.2) is 14.4 Å². The Hall–Kier alpha value is -2.50. The number of aromatic nitrogens is 2. The van der Waals surface area contributed by atoms with Gasteiger partial charge in [0.25, 0.3) is 0 Å². The number of nitrogens with two attached hydrogens (primary N) is 1. The molecule has 2 rings (SSSR count). The van der Waals surface area contributed by atoms with Gasteiger partial charge in [0.1, 0.15) is 17.3 Å². The Morgan fingerprint density at radius 2 is 1.95 bits per heavy atom. The molecule has 5 nitrogen and oxygen atoms in total. The summed E-state index contributed by atoms with van der Waals surface area (Å²) in [4.78, 5) is 10.5. The quantitative estimate of drug-likeness (QED) is 0.662. The van der Waals surface area contributed by atoms with Crippen molar-refractivity contribution in [1.29, 1.82) is 5.41 Å². The fourth-order valence-corrected chi connectivity index (χ4v) is 1.87. The molecule has 0 fully saturated rings. The van der Waals surface area contributed by atoms with E-state index in [0.717, 1.165) is 11.4 Å². The van der Waals surface area contributed by atoms with Crippen LogP contribution in [0.3, 0.4) is 0 Å². The summed E-state index contributed by atoms with van der Waals surface area (Å²) in [5.41, 5.74) is 7.37. The lowest BCUT2D eigenvalue weighted by molar-refractivity contribution is 0.627. The molecular formula is C14H16FN5. The van der Waals surface area contributed by atoms with Gasteiger partial charge in [-0.05, 0) is 44.2 Å². The third-order valence-corrected chi connectivity index (χ3v) is 2.81. The van der Waals surface area contributed by atoms with E-state index in [1.54, 1.807) is 18.2 Å². The van der Waals surface area contributed by atoms with E-state index in [-0.39, 0.29) is 11.7 Å². The number of benzene rings is 1. The second-order valence-corrected chi connectivity index (χ2v) is 4.33. The molecule has 0 unspecified atom stereocenters. The molecule has 0 bridgehead atoms. The number of nitrogens with one attached hydrogen (secondary N) is 1. The molecule has 0 saturated heterocycles. The van der Waals surface area contributed by atoms with Gasteiger partial charge >= 0.3 is 0 Å². The zero-order chi connectivity index (χ0) is 14.7. The van der Waals surface area contributed by atoms with Crippen molar-refractivity contribution in [1.82, 2.24) is 9.97 Å². The van der Waals surface area contributed by atoms with Crippen LogP contribution in [0.25, 0.3) is 0 Å². The topological polar surface area (TPSA) is 78.9 Å². The Kier molecular flexibility index (Phi) is 3.93. The lowest BCUT2D eigenvalue weighted by atomic mass is 10.2. The van der Waals surface area contributed by atoms with Crippen LogP contribution in [0.15, 0.2) is 30.3 Å². The summed E-state index contributed by atoms with van der Waals surface area (Å²) in [6.45, 7) is 4.38. The maximum absolute atomic E-state index is 13.0. The number of anilines is 2. The average molecular weight is 273 g/mol. The molecule has 0 aliphatic rings. The van der Waals surface area contributed by atoms with Crippen LogP contribution in [-0.2, 0) is 0 Å². The number of hydrogen-bond donors (Lipinski definition) is 2. The Bertz CT molecular complexity index is 624. The van der Waals surface area contributed by atoms with E-state index in [1.807, 2.05) is 18.7 Å². The predicted octanol–water partition coefficient (Wildman–Crippen LogP) is 2.37. The van der Waals surface area contributed by atoms with Crippen LogP contribution in [0.4, 0.5) is 16.0 Å². The predicted molar refractivity (Wildman–Crippen MR) is 76.9 cm³/mol. The standard InChI is InChI=1S/C14H16FN5/c1-3-20(11-6-4-10(15)5-7-11)14-18-9(2)8-12(19-14)13(16)17/h4-8H,3H2,1-2H3,(H3,16,17). The normalized spacial score (nSPS) is 10.3. The van der Waals surface area contributed by atoms with E-state index in [4.69, 9.17) is 11.1 Å². The summed E-state index contributed by atoms with van der Waals surface area (Å²) in [7, 11) is 0. The molecule has 1 heterocycles. The molecule has 20 heavy (non-hydrogen) atoms. The number of aryl methyl sites for hydroxylation is 1. The summed E-state index contributed by atoms with van der Waals surface area (Å²) in [5.74, 6) is 0.0515. The van der Waals surface area contributed by atoms with E-state index >= 15 is 0 Å². The zero-order valence-electron chi connectivity index (χ0n) is 11.4. The van der Waals surface area contributed by atoms with E-state index in [1.165, 1.54) is 12.1 Å². The van der Waals surface area contributed by atoms with E-state index in [2.05, 4.69) is 9.97 Å². The highest BCUT2D eigenvalue weighted by Crippen LogP contribution is 2.22. The van der Waals surface area contributed by atoms with Gasteiger partial charge in [-0.3, -0.25) is 5.41 Å². The molecule has 0 saturated carbocycles. The van der Waals surface area contributed by atoms with Crippen LogP contribution in [0.2, 0.25) is 0 Å². The smallest absolute Gasteiger partial charge is 0.230 e. The van der Waals surface area contributed by atoms with Gasteiger partial charge < -0.3 is 10.6 Å². The van der Waals surface area contributed by atoms with Crippen molar-refractivity contribution < 1.29 is 4.39 Å². The molecule has 6 heteroatoms. The van der Waals surface area contributed by atoms with Crippen molar-refractivity contribution in [2.24, 2.45) is 5.73 Å². The molecule has 0 spiro atoms. The first kappa shape index (κ1) is 13.9. The molecule has 1 aromatic carbocycles. The molecule has 1 aromatic heterocycles. The second-order valence-electron chi connectivity index (χ2n) is 4.33. The third kappa shape index (κ3) is 2.90. The molecule has 0 radical (unpaired) electrons. The van der Waals surface area contributed by atoms with Crippen molar-refractivity contribution in [3.8, 4) is 0 Å². The first-order chi connectivity index (χ1) is 9.51. The maximum Gasteiger partial charge on any atom is 0.230 e. The molecule has 2 aromatic rings. The number of hydrogen-bond acceptors (Lipinski definition) is 4. The van der Waals surface area contributed by atoms with Gasteiger partial charge in [0.2, 0.25) is 5.95 Å². The highest BCUT2D eigenvalue weighted by molar-refractivity contribution is 5.93. The van der Waals surface area contributed by atoms with Crippen molar-refractivity contribution in [2.45, 2.75) is 13.8 Å². The summed E-state index contributed by atoms with van der Waals surface area (Å²) in [6.07, 6.45) is 0. The highest BCUT2D eigenvalue weighted by atomic mass is 19.1. The number of halogens is 1. The van der Waals surface area contributed by atoms with Crippen molar-refractivity contribution in [3.05, 3.63) is 47.5 Å². The van der Waals surface area contributed by atoms with E-state index in [0.29, 0.717) is 18.2 Å². The summed E-state index contributed by atoms with van der Waals surface area (Å²) in [5, 5.41) is 7.48. The fourth-order valence-electron chi connectivity index (χ4n) is 1.87. The number of amidine groups is 1. The minimum atomic E-state index is -0.292. The SMILES string of the molecule is CCN(c1ccc(F)cc1)c1nc(C)cc(C(=N)N)n1. The van der Waals surface area contributed by atoms with Crippen LogP contribution < -0.4 is 10.6 Å². The molecule has 0 atom stereocenters. The third-order valence-electron chi connectivity index (χ3n) is 2.81. The largest absolute Gasteiger partial charge is 0.382 e. The van der Waals surface area contributed by atoms with Crippen LogP contribution in [0.1, 0.15) is 18.3 Å². The number of rotatable bonds is 4. The highest BCUT2D eigenvalue weighted by Gasteiger charge is 2.13. The number of nitrogens with zero attached hydrogens (tertiary/aromatic N) is 3. The first-order valence-corrected chi connectivity index (χ1v) is 6.24. The Morgan fingerprint density at radius 3 is 2.50 bits per heavy atom.